The third kappa shape index (κ3) is 0.980. The summed E-state index contributed by atoms with van der Waals surface area (Å²) in [6.07, 6.45) is 2.72. The molecular weight excluding hydrogens is 104 g/mol. The van der Waals surface area contributed by atoms with Gasteiger partial charge in [-0.1, -0.05) is 0 Å². The Kier molecular flexibility index (Phi) is 1.48. The number of hydrogen-bond acceptors (Lipinski definition) is 2. The van der Waals surface area contributed by atoms with Crippen LogP contribution in [0.4, 0.5) is 0 Å². The van der Waals surface area contributed by atoms with Crippen molar-refractivity contribution in [3.05, 3.63) is 0 Å². The van der Waals surface area contributed by atoms with Gasteiger partial charge in [-0.3, -0.25) is 4.79 Å². The number of rotatable bonds is 1. The van der Waals surface area contributed by atoms with E-state index in [9.17, 15) is 4.79 Å². The van der Waals surface area contributed by atoms with Gasteiger partial charge in [0.15, 0.2) is 0 Å². The van der Waals surface area contributed by atoms with Gasteiger partial charge in [0.25, 0.3) is 0 Å². The van der Waals surface area contributed by atoms with Crippen molar-refractivity contribution in [2.24, 2.45) is 5.73 Å². The molecule has 3 heteroatoms. The smallest absolute Gasteiger partial charge is 0.312 e. The lowest BCUT2D eigenvalue weighted by Gasteiger charge is -2.03. The van der Waals surface area contributed by atoms with Crippen LogP contribution in [-0.2, 0) is 4.79 Å². The summed E-state index contributed by atoms with van der Waals surface area (Å²) < 4.78 is 0. The monoisotopic (exact) mass is 113 g/mol. The number of nitrogens with zero attached hydrogens (tertiary/aromatic N) is 1. The zero-order chi connectivity index (χ0) is 5.98. The number of nitrogens with two attached hydrogens (primary N) is 1. The minimum Gasteiger partial charge on any atom is -0.333 e. The van der Waals surface area contributed by atoms with E-state index in [1.54, 1.807) is 11.3 Å². The van der Waals surface area contributed by atoms with E-state index >= 15 is 0 Å². The third-order valence-electron chi connectivity index (χ3n) is 1.35. The summed E-state index contributed by atoms with van der Waals surface area (Å²) >= 11 is 0. The minimum absolute atomic E-state index is 0.191. The van der Waals surface area contributed by atoms with E-state index in [1.807, 2.05) is 0 Å². The zero-order valence-corrected chi connectivity index (χ0v) is 4.63. The van der Waals surface area contributed by atoms with Crippen LogP contribution in [0.1, 0.15) is 6.42 Å². The molecule has 0 saturated carbocycles. The predicted octanol–water partition coefficient (Wildman–Crippen LogP) is -0.913. The maximum Gasteiger partial charge on any atom is 0.312 e. The summed E-state index contributed by atoms with van der Waals surface area (Å²) in [5.41, 5.74) is 5.48. The Balaban J connectivity index is 2.32. The van der Waals surface area contributed by atoms with E-state index in [0.29, 0.717) is 6.54 Å². The third-order valence-corrected chi connectivity index (χ3v) is 1.35. The van der Waals surface area contributed by atoms with Crippen LogP contribution in [0.25, 0.3) is 0 Å². The Morgan fingerprint density at radius 1 is 1.75 bits per heavy atom. The highest BCUT2D eigenvalue weighted by molar-refractivity contribution is 5.48. The molecule has 1 saturated heterocycles. The fourth-order valence-corrected chi connectivity index (χ4v) is 0.870. The summed E-state index contributed by atoms with van der Waals surface area (Å²) in [7, 11) is 0. The van der Waals surface area contributed by atoms with E-state index in [0.717, 1.165) is 13.0 Å². The highest BCUT2D eigenvalue weighted by atomic mass is 16.1. The summed E-state index contributed by atoms with van der Waals surface area (Å²) in [6.45, 7) is 1.47. The first-order chi connectivity index (χ1) is 3.83. The molecule has 0 bridgehead atoms. The van der Waals surface area contributed by atoms with Crippen LogP contribution in [0.15, 0.2) is 0 Å². The lowest BCUT2D eigenvalue weighted by Crippen LogP contribution is -2.25. The van der Waals surface area contributed by atoms with Gasteiger partial charge in [0, 0.05) is 19.1 Å². The van der Waals surface area contributed by atoms with Gasteiger partial charge in [-0.05, 0) is 6.42 Å². The Labute approximate surface area is 48.5 Å². The maximum atomic E-state index is 9.90. The van der Waals surface area contributed by atoms with Gasteiger partial charge in [0.05, 0.1) is 0 Å². The molecule has 1 fully saturated rings. The van der Waals surface area contributed by atoms with Crippen molar-refractivity contribution in [3.63, 3.8) is 0 Å². The largest absolute Gasteiger partial charge is 0.333 e. The molecule has 8 heavy (non-hydrogen) atoms. The van der Waals surface area contributed by atoms with Gasteiger partial charge < -0.3 is 10.6 Å². The fourth-order valence-electron chi connectivity index (χ4n) is 0.870. The summed E-state index contributed by atoms with van der Waals surface area (Å²) in [6, 6.07) is 0.191. The van der Waals surface area contributed by atoms with Crippen molar-refractivity contribution in [2.45, 2.75) is 12.5 Å². The molecule has 1 aliphatic rings. The van der Waals surface area contributed by atoms with Crippen molar-refractivity contribution in [1.82, 2.24) is 4.90 Å². The van der Waals surface area contributed by atoms with Crippen molar-refractivity contribution in [3.8, 4) is 0 Å². The fraction of sp³-hybridized carbons (Fsp3) is 0.800. The highest BCUT2D eigenvalue weighted by Gasteiger charge is 2.16. The quantitative estimate of drug-likeness (QED) is 0.478. The molecule has 1 aliphatic heterocycles. The molecule has 0 aromatic carbocycles. The van der Waals surface area contributed by atoms with Crippen LogP contribution >= 0.6 is 0 Å². The van der Waals surface area contributed by atoms with Crippen LogP contribution in [0.2, 0.25) is 0 Å². The van der Waals surface area contributed by atoms with E-state index in [-0.39, 0.29) is 6.04 Å². The zero-order valence-electron chi connectivity index (χ0n) is 4.63. The molecule has 1 heterocycles. The second kappa shape index (κ2) is 2.13. The lowest BCUT2D eigenvalue weighted by atomic mass is 10.3. The van der Waals surface area contributed by atoms with Crippen LogP contribution in [0.3, 0.4) is 0 Å². The summed E-state index contributed by atoms with van der Waals surface area (Å²) in [4.78, 5) is 11.5. The molecule has 1 atom stereocenters. The Bertz CT molecular complexity index is 94.4. The lowest BCUT2D eigenvalue weighted by molar-refractivity contribution is 0.436. The van der Waals surface area contributed by atoms with Gasteiger partial charge in [0.2, 0.25) is 0 Å². The molecule has 2 N–H and O–H groups in total. The first-order valence-electron chi connectivity index (χ1n) is 2.71. The average molecular weight is 113 g/mol. The standard InChI is InChI=1S/C5H9N2O/c6-5-1-2-7(3-5)4-8/h5H,1-3,6H2/t5-/m0/s1. The van der Waals surface area contributed by atoms with Crippen LogP contribution < -0.4 is 5.73 Å². The normalized spacial score (nSPS) is 28.6. The first kappa shape index (κ1) is 5.56. The van der Waals surface area contributed by atoms with Gasteiger partial charge in [0.1, 0.15) is 0 Å². The molecule has 1 radical (unpaired) electrons. The SMILES string of the molecule is N[C@H]1CCN([C]=O)C1. The van der Waals surface area contributed by atoms with E-state index in [1.165, 1.54) is 0 Å². The maximum absolute atomic E-state index is 9.90. The van der Waals surface area contributed by atoms with Gasteiger partial charge in [-0.2, -0.15) is 0 Å². The molecule has 0 spiro atoms. The molecule has 1 amide bonds. The summed E-state index contributed by atoms with van der Waals surface area (Å²) in [5.74, 6) is 0. The molecule has 0 aromatic heterocycles. The first-order valence-corrected chi connectivity index (χ1v) is 2.71. The second-order valence-corrected chi connectivity index (χ2v) is 2.09. The number of carbonyl (C=O) groups excluding carboxylic acids is 1. The van der Waals surface area contributed by atoms with Gasteiger partial charge >= 0.3 is 6.41 Å². The predicted molar refractivity (Wildman–Crippen MR) is 29.9 cm³/mol. The van der Waals surface area contributed by atoms with Crippen molar-refractivity contribution >= 4 is 6.41 Å². The Morgan fingerprint density at radius 3 is 2.75 bits per heavy atom. The molecule has 45 valence electrons. The molecular formula is C5H9N2O. The van der Waals surface area contributed by atoms with Crippen molar-refractivity contribution in [1.29, 1.82) is 0 Å². The van der Waals surface area contributed by atoms with Gasteiger partial charge in [-0.25, -0.2) is 0 Å². The Morgan fingerprint density at radius 2 is 2.50 bits per heavy atom. The number of likely N-dealkylation sites (tertiary alicyclic amines) is 1. The topological polar surface area (TPSA) is 46.3 Å². The van der Waals surface area contributed by atoms with Crippen LogP contribution in [0.5, 0.6) is 0 Å². The van der Waals surface area contributed by atoms with Crippen molar-refractivity contribution < 1.29 is 4.79 Å². The van der Waals surface area contributed by atoms with Crippen molar-refractivity contribution in [2.75, 3.05) is 13.1 Å². The molecule has 0 aromatic rings. The summed E-state index contributed by atoms with van der Waals surface area (Å²) in [5, 5.41) is 0. The van der Waals surface area contributed by atoms with E-state index in [4.69, 9.17) is 5.73 Å². The van der Waals surface area contributed by atoms with E-state index < -0.39 is 0 Å². The van der Waals surface area contributed by atoms with Crippen LogP contribution in [-0.4, -0.2) is 30.4 Å². The second-order valence-electron chi connectivity index (χ2n) is 2.09. The molecule has 1 rings (SSSR count). The van der Waals surface area contributed by atoms with Crippen LogP contribution in [0, 0.1) is 0 Å². The van der Waals surface area contributed by atoms with E-state index in [2.05, 4.69) is 0 Å². The number of amides is 1. The highest BCUT2D eigenvalue weighted by Crippen LogP contribution is 2.02. The number of hydrogen-bond donors (Lipinski definition) is 1. The Hall–Kier alpha value is -0.570. The average Bonchev–Trinajstić information content (AvgIpc) is 2.14. The minimum atomic E-state index is 0.191. The molecule has 3 nitrogen and oxygen atoms in total. The molecule has 0 unspecified atom stereocenters. The molecule has 0 aliphatic carbocycles. The van der Waals surface area contributed by atoms with Gasteiger partial charge in [-0.15, -0.1) is 0 Å².